The van der Waals surface area contributed by atoms with Gasteiger partial charge in [-0.15, -0.1) is 0 Å². The van der Waals surface area contributed by atoms with Gasteiger partial charge in [-0.2, -0.15) is 0 Å². The highest BCUT2D eigenvalue weighted by molar-refractivity contribution is 5.78. The van der Waals surface area contributed by atoms with Crippen molar-refractivity contribution >= 4 is 5.97 Å². The standard InChI is InChI=1S/C20H23N3O2/c24-20(25-19-13-23-10-7-16(19)8-11-23)18(15-4-2-1-3-5-15)12-17-6-9-21-14-22-17/h1-6,9,14,16,18-19H,7-8,10-13H2/t18?,19-/m0/s1. The predicted octanol–water partition coefficient (Wildman–Crippen LogP) is 2.44. The van der Waals surface area contributed by atoms with Crippen LogP contribution in [0.3, 0.4) is 0 Å². The fourth-order valence-corrected chi connectivity index (χ4v) is 3.95. The third-order valence-corrected chi connectivity index (χ3v) is 5.41. The minimum atomic E-state index is -0.327. The molecule has 3 saturated heterocycles. The molecule has 2 aromatic rings. The van der Waals surface area contributed by atoms with E-state index in [4.69, 9.17) is 4.74 Å². The summed E-state index contributed by atoms with van der Waals surface area (Å²) in [4.78, 5) is 23.7. The highest BCUT2D eigenvalue weighted by Gasteiger charge is 2.37. The maximum atomic E-state index is 13.0. The van der Waals surface area contributed by atoms with E-state index in [9.17, 15) is 4.79 Å². The Kier molecular flexibility index (Phi) is 4.74. The van der Waals surface area contributed by atoms with Gasteiger partial charge in [-0.3, -0.25) is 9.69 Å². The largest absolute Gasteiger partial charge is 0.460 e. The van der Waals surface area contributed by atoms with Gasteiger partial charge < -0.3 is 4.74 Å². The van der Waals surface area contributed by atoms with E-state index in [2.05, 4.69) is 14.9 Å². The van der Waals surface area contributed by atoms with Crippen LogP contribution >= 0.6 is 0 Å². The molecule has 4 heterocycles. The van der Waals surface area contributed by atoms with Crippen LogP contribution in [0.1, 0.15) is 30.0 Å². The normalized spacial score (nSPS) is 26.2. The lowest BCUT2D eigenvalue weighted by molar-refractivity contribution is -0.160. The summed E-state index contributed by atoms with van der Waals surface area (Å²) < 4.78 is 5.99. The van der Waals surface area contributed by atoms with Gasteiger partial charge in [-0.25, -0.2) is 9.97 Å². The van der Waals surface area contributed by atoms with Gasteiger partial charge in [0.2, 0.25) is 0 Å². The molecular weight excluding hydrogens is 314 g/mol. The summed E-state index contributed by atoms with van der Waals surface area (Å²) in [5, 5.41) is 0. The van der Waals surface area contributed by atoms with Crippen LogP contribution in [0.2, 0.25) is 0 Å². The first-order chi connectivity index (χ1) is 12.3. The number of ether oxygens (including phenoxy) is 1. The third kappa shape index (κ3) is 3.71. The van der Waals surface area contributed by atoms with Gasteiger partial charge in [0.1, 0.15) is 12.4 Å². The van der Waals surface area contributed by atoms with E-state index in [1.54, 1.807) is 6.20 Å². The van der Waals surface area contributed by atoms with Crippen LogP contribution in [0.25, 0.3) is 0 Å². The lowest BCUT2D eigenvalue weighted by Gasteiger charge is -2.44. The molecule has 2 atom stereocenters. The highest BCUT2D eigenvalue weighted by Crippen LogP contribution is 2.31. The molecule has 3 aliphatic heterocycles. The number of aromatic nitrogens is 2. The number of benzene rings is 1. The number of piperidine rings is 3. The summed E-state index contributed by atoms with van der Waals surface area (Å²) in [6.07, 6.45) is 6.08. The second-order valence-corrected chi connectivity index (χ2v) is 6.98. The Morgan fingerprint density at radius 2 is 2.00 bits per heavy atom. The molecule has 0 N–H and O–H groups in total. The van der Waals surface area contributed by atoms with E-state index in [-0.39, 0.29) is 18.0 Å². The molecule has 0 aliphatic carbocycles. The predicted molar refractivity (Wildman–Crippen MR) is 94.0 cm³/mol. The first kappa shape index (κ1) is 16.2. The molecule has 5 rings (SSSR count). The van der Waals surface area contributed by atoms with Crippen molar-refractivity contribution in [1.82, 2.24) is 14.9 Å². The number of hydrogen-bond donors (Lipinski definition) is 0. The van der Waals surface area contributed by atoms with Crippen molar-refractivity contribution in [2.45, 2.75) is 31.3 Å². The van der Waals surface area contributed by atoms with E-state index < -0.39 is 0 Å². The minimum Gasteiger partial charge on any atom is -0.460 e. The lowest BCUT2D eigenvalue weighted by Crippen LogP contribution is -2.52. The van der Waals surface area contributed by atoms with E-state index in [1.807, 2.05) is 36.4 Å². The molecule has 3 fully saturated rings. The van der Waals surface area contributed by atoms with Crippen LogP contribution in [-0.2, 0) is 16.0 Å². The second-order valence-electron chi connectivity index (χ2n) is 6.98. The maximum Gasteiger partial charge on any atom is 0.314 e. The van der Waals surface area contributed by atoms with Crippen molar-refractivity contribution in [1.29, 1.82) is 0 Å². The number of fused-ring (bicyclic) bond motifs is 3. The van der Waals surface area contributed by atoms with Crippen LogP contribution in [0.4, 0.5) is 0 Å². The van der Waals surface area contributed by atoms with Crippen molar-refractivity contribution in [3.8, 4) is 0 Å². The number of carbonyl (C=O) groups is 1. The molecule has 25 heavy (non-hydrogen) atoms. The Balaban J connectivity index is 1.52. The number of carbonyl (C=O) groups excluding carboxylic acids is 1. The first-order valence-electron chi connectivity index (χ1n) is 9.02. The van der Waals surface area contributed by atoms with Crippen LogP contribution in [-0.4, -0.2) is 46.6 Å². The molecule has 5 heteroatoms. The molecule has 1 aromatic heterocycles. The summed E-state index contributed by atoms with van der Waals surface area (Å²) in [6, 6.07) is 11.7. The van der Waals surface area contributed by atoms with Gasteiger partial charge in [-0.05, 0) is 43.5 Å². The summed E-state index contributed by atoms with van der Waals surface area (Å²) >= 11 is 0. The van der Waals surface area contributed by atoms with Gasteiger partial charge in [0.15, 0.2) is 0 Å². The molecule has 3 aliphatic rings. The zero-order valence-electron chi connectivity index (χ0n) is 14.3. The monoisotopic (exact) mass is 337 g/mol. The number of hydrogen-bond acceptors (Lipinski definition) is 5. The second kappa shape index (κ2) is 7.31. The van der Waals surface area contributed by atoms with E-state index in [1.165, 1.54) is 6.33 Å². The van der Waals surface area contributed by atoms with Crippen molar-refractivity contribution in [2.75, 3.05) is 19.6 Å². The quantitative estimate of drug-likeness (QED) is 0.785. The molecule has 130 valence electrons. The Hall–Kier alpha value is -2.27. The van der Waals surface area contributed by atoms with E-state index >= 15 is 0 Å². The topological polar surface area (TPSA) is 55.3 Å². The van der Waals surface area contributed by atoms with Gasteiger partial charge in [0.05, 0.1) is 5.92 Å². The maximum absolute atomic E-state index is 13.0. The molecule has 0 amide bonds. The fourth-order valence-electron chi connectivity index (χ4n) is 3.95. The fraction of sp³-hybridized carbons (Fsp3) is 0.450. The van der Waals surface area contributed by atoms with Gasteiger partial charge in [0, 0.05) is 24.9 Å². The highest BCUT2D eigenvalue weighted by atomic mass is 16.5. The summed E-state index contributed by atoms with van der Waals surface area (Å²) in [6.45, 7) is 3.16. The Morgan fingerprint density at radius 1 is 1.20 bits per heavy atom. The number of nitrogens with zero attached hydrogens (tertiary/aromatic N) is 3. The van der Waals surface area contributed by atoms with Gasteiger partial charge in [-0.1, -0.05) is 30.3 Å². The Morgan fingerprint density at radius 3 is 2.64 bits per heavy atom. The van der Waals surface area contributed by atoms with Crippen LogP contribution in [0, 0.1) is 5.92 Å². The summed E-state index contributed by atoms with van der Waals surface area (Å²) in [5.74, 6) is 0.0551. The zero-order valence-corrected chi connectivity index (χ0v) is 14.3. The average Bonchev–Trinajstić information content (AvgIpc) is 2.68. The third-order valence-electron chi connectivity index (χ3n) is 5.41. The molecular formula is C20H23N3O2. The number of rotatable bonds is 5. The lowest BCUT2D eigenvalue weighted by atomic mass is 9.85. The first-order valence-corrected chi connectivity index (χ1v) is 9.02. The molecule has 2 bridgehead atoms. The molecule has 0 spiro atoms. The Labute approximate surface area is 148 Å². The van der Waals surface area contributed by atoms with Crippen molar-refractivity contribution in [3.05, 3.63) is 60.2 Å². The van der Waals surface area contributed by atoms with Crippen LogP contribution in [0.15, 0.2) is 48.9 Å². The number of esters is 1. The van der Waals surface area contributed by atoms with Crippen molar-refractivity contribution in [2.24, 2.45) is 5.92 Å². The molecule has 0 saturated carbocycles. The van der Waals surface area contributed by atoms with Crippen molar-refractivity contribution < 1.29 is 9.53 Å². The molecule has 1 aromatic carbocycles. The van der Waals surface area contributed by atoms with Crippen LogP contribution < -0.4 is 0 Å². The summed E-state index contributed by atoms with van der Waals surface area (Å²) in [5.41, 5.74) is 1.84. The van der Waals surface area contributed by atoms with E-state index in [0.717, 1.165) is 43.7 Å². The smallest absolute Gasteiger partial charge is 0.314 e. The summed E-state index contributed by atoms with van der Waals surface area (Å²) in [7, 11) is 0. The van der Waals surface area contributed by atoms with Crippen molar-refractivity contribution in [3.63, 3.8) is 0 Å². The van der Waals surface area contributed by atoms with E-state index in [0.29, 0.717) is 12.3 Å². The molecule has 5 nitrogen and oxygen atoms in total. The SMILES string of the molecule is O=C(O[C@H]1CN2CCC1CC2)C(Cc1ccncn1)c1ccccc1. The van der Waals surface area contributed by atoms with Gasteiger partial charge in [0.25, 0.3) is 0 Å². The molecule has 1 unspecified atom stereocenters. The van der Waals surface area contributed by atoms with Gasteiger partial charge >= 0.3 is 5.97 Å². The van der Waals surface area contributed by atoms with Crippen LogP contribution in [0.5, 0.6) is 0 Å². The zero-order chi connectivity index (χ0) is 17.1. The average molecular weight is 337 g/mol. The Bertz CT molecular complexity index is 699. The molecule has 0 radical (unpaired) electrons. The minimum absolute atomic E-state index is 0.0339.